The summed E-state index contributed by atoms with van der Waals surface area (Å²) in [5, 5.41) is 2.72. The molecule has 0 spiro atoms. The first-order chi connectivity index (χ1) is 16.6. The molecule has 0 radical (unpaired) electrons. The van der Waals surface area contributed by atoms with Crippen LogP contribution in [-0.2, 0) is 0 Å². The number of benzene rings is 2. The molecule has 1 aliphatic carbocycles. The molecule has 2 aromatic heterocycles. The molecule has 2 aromatic carbocycles. The summed E-state index contributed by atoms with van der Waals surface area (Å²) in [6.07, 6.45) is 7.08. The van der Waals surface area contributed by atoms with Crippen molar-refractivity contribution in [2.75, 3.05) is 5.32 Å². The number of amides is 1. The minimum absolute atomic E-state index is 0.0424. The minimum Gasteiger partial charge on any atom is -0.420 e. The molecule has 1 N–H and O–H groups in total. The van der Waals surface area contributed by atoms with Crippen molar-refractivity contribution >= 4 is 34.2 Å². The van der Waals surface area contributed by atoms with Crippen molar-refractivity contribution < 1.29 is 22.7 Å². The SMILES string of the molecule is CC1(F)CC(n2cnc3cc(C(=O)Nc4ccc(OC(F)(F)Cl)cc4)cc(-c4cncnc4)c32)C1. The highest BCUT2D eigenvalue weighted by atomic mass is 35.5. The lowest BCUT2D eigenvalue weighted by molar-refractivity contribution is -0.0964. The molecule has 0 bridgehead atoms. The molecular weight excluding hydrogens is 483 g/mol. The molecule has 0 unspecified atom stereocenters. The summed E-state index contributed by atoms with van der Waals surface area (Å²) >= 11 is 4.77. The van der Waals surface area contributed by atoms with Crippen molar-refractivity contribution in [1.29, 1.82) is 0 Å². The summed E-state index contributed by atoms with van der Waals surface area (Å²) < 4.78 is 46.0. The molecule has 11 heteroatoms. The van der Waals surface area contributed by atoms with Gasteiger partial charge in [0.05, 0.1) is 17.4 Å². The number of ether oxygens (including phenoxy) is 1. The Bertz CT molecular complexity index is 1380. The van der Waals surface area contributed by atoms with Gasteiger partial charge in [-0.3, -0.25) is 4.79 Å². The maximum Gasteiger partial charge on any atom is 0.487 e. The van der Waals surface area contributed by atoms with E-state index in [1.807, 2.05) is 4.57 Å². The van der Waals surface area contributed by atoms with E-state index in [9.17, 15) is 18.0 Å². The average molecular weight is 502 g/mol. The third-order valence-corrected chi connectivity index (χ3v) is 5.94. The average Bonchev–Trinajstić information content (AvgIpc) is 3.21. The van der Waals surface area contributed by atoms with Crippen molar-refractivity contribution in [1.82, 2.24) is 19.5 Å². The second kappa shape index (κ2) is 8.53. The number of rotatable bonds is 6. The summed E-state index contributed by atoms with van der Waals surface area (Å²) in [6.45, 7) is 1.58. The predicted octanol–water partition coefficient (Wildman–Crippen LogP) is 5.98. The molecule has 180 valence electrons. The third-order valence-electron chi connectivity index (χ3n) is 5.86. The number of fused-ring (bicyclic) bond motifs is 1. The molecule has 0 atom stereocenters. The predicted molar refractivity (Wildman–Crippen MR) is 124 cm³/mol. The number of hydrogen-bond acceptors (Lipinski definition) is 5. The van der Waals surface area contributed by atoms with Crippen LogP contribution in [0.1, 0.15) is 36.2 Å². The zero-order valence-corrected chi connectivity index (χ0v) is 19.1. The van der Waals surface area contributed by atoms with Crippen molar-refractivity contribution in [2.45, 2.75) is 37.0 Å². The fourth-order valence-corrected chi connectivity index (χ4v) is 4.39. The maximum absolute atomic E-state index is 14.2. The topological polar surface area (TPSA) is 81.9 Å². The van der Waals surface area contributed by atoms with E-state index < -0.39 is 17.1 Å². The fourth-order valence-electron chi connectivity index (χ4n) is 4.30. The van der Waals surface area contributed by atoms with E-state index in [0.29, 0.717) is 40.7 Å². The quantitative estimate of drug-likeness (QED) is 0.329. The summed E-state index contributed by atoms with van der Waals surface area (Å²) in [6, 6.07) is 8.67. The molecule has 0 aliphatic heterocycles. The van der Waals surface area contributed by atoms with E-state index in [1.165, 1.54) is 30.6 Å². The lowest BCUT2D eigenvalue weighted by atomic mass is 9.78. The van der Waals surface area contributed by atoms with Gasteiger partial charge in [-0.15, -0.1) is 8.78 Å². The lowest BCUT2D eigenvalue weighted by Crippen LogP contribution is -2.38. The van der Waals surface area contributed by atoms with Crippen molar-refractivity contribution in [2.24, 2.45) is 0 Å². The fraction of sp³-hybridized carbons (Fsp3) is 0.250. The first-order valence-electron chi connectivity index (χ1n) is 10.7. The smallest absolute Gasteiger partial charge is 0.420 e. The van der Waals surface area contributed by atoms with Crippen LogP contribution in [-0.4, -0.2) is 36.7 Å². The number of nitrogens with zero attached hydrogens (tertiary/aromatic N) is 4. The Hall–Kier alpha value is -3.66. The van der Waals surface area contributed by atoms with E-state index in [2.05, 4.69) is 25.0 Å². The molecular formula is C24H19ClF3N5O2. The van der Waals surface area contributed by atoms with Crippen LogP contribution in [0.5, 0.6) is 5.75 Å². The van der Waals surface area contributed by atoms with Gasteiger partial charge in [-0.05, 0) is 43.3 Å². The lowest BCUT2D eigenvalue weighted by Gasteiger charge is -2.39. The van der Waals surface area contributed by atoms with Crippen LogP contribution in [0.25, 0.3) is 22.2 Å². The number of hydrogen-bond donors (Lipinski definition) is 1. The molecule has 1 saturated carbocycles. The monoisotopic (exact) mass is 501 g/mol. The standard InChI is InChI=1S/C24H19ClF3N5O2/c1-23(26)8-17(9-23)33-13-31-20-7-14(6-19(21(20)33)15-10-29-12-30-11-15)22(34)32-16-2-4-18(5-3-16)35-24(25,27)28/h2-7,10-13,17H,8-9H2,1H3,(H,32,34). The van der Waals surface area contributed by atoms with Crippen LogP contribution >= 0.6 is 11.6 Å². The Morgan fingerprint density at radius 3 is 2.51 bits per heavy atom. The molecule has 1 fully saturated rings. The number of halogens is 4. The summed E-state index contributed by atoms with van der Waals surface area (Å²) in [4.78, 5) is 25.7. The van der Waals surface area contributed by atoms with Gasteiger partial charge in [0.25, 0.3) is 5.91 Å². The maximum atomic E-state index is 14.2. The highest BCUT2D eigenvalue weighted by Crippen LogP contribution is 2.46. The summed E-state index contributed by atoms with van der Waals surface area (Å²) in [5.41, 5.74) is -1.66. The van der Waals surface area contributed by atoms with Crippen LogP contribution in [0.4, 0.5) is 18.9 Å². The Balaban J connectivity index is 1.47. The van der Waals surface area contributed by atoms with Gasteiger partial charge in [-0.2, -0.15) is 0 Å². The van der Waals surface area contributed by atoms with Crippen LogP contribution in [0.2, 0.25) is 0 Å². The van der Waals surface area contributed by atoms with Crippen molar-refractivity contribution in [3.63, 3.8) is 0 Å². The van der Waals surface area contributed by atoms with Gasteiger partial charge in [-0.25, -0.2) is 19.3 Å². The number of alkyl halides is 4. The van der Waals surface area contributed by atoms with Gasteiger partial charge in [-0.1, -0.05) is 0 Å². The second-order valence-corrected chi connectivity index (χ2v) is 9.11. The molecule has 35 heavy (non-hydrogen) atoms. The van der Waals surface area contributed by atoms with Crippen LogP contribution in [0.15, 0.2) is 61.4 Å². The van der Waals surface area contributed by atoms with E-state index in [1.54, 1.807) is 37.8 Å². The van der Waals surface area contributed by atoms with Gasteiger partial charge in [0, 0.05) is 65.3 Å². The zero-order chi connectivity index (χ0) is 24.8. The number of imidazole rings is 1. The van der Waals surface area contributed by atoms with Crippen LogP contribution in [0, 0.1) is 0 Å². The Labute approximate surface area is 202 Å². The van der Waals surface area contributed by atoms with Gasteiger partial charge >= 0.3 is 5.57 Å². The Morgan fingerprint density at radius 1 is 1.20 bits per heavy atom. The third kappa shape index (κ3) is 4.93. The number of aromatic nitrogens is 4. The Kier molecular flexibility index (Phi) is 5.63. The van der Waals surface area contributed by atoms with Gasteiger partial charge < -0.3 is 14.6 Å². The number of nitrogens with one attached hydrogen (secondary N) is 1. The molecule has 4 aromatic rings. The molecule has 2 heterocycles. The number of carbonyl (C=O) groups excluding carboxylic acids is 1. The highest BCUT2D eigenvalue weighted by Gasteiger charge is 2.42. The first kappa shape index (κ1) is 23.1. The van der Waals surface area contributed by atoms with E-state index in [4.69, 9.17) is 11.6 Å². The van der Waals surface area contributed by atoms with E-state index in [-0.39, 0.29) is 11.8 Å². The highest BCUT2D eigenvalue weighted by molar-refractivity contribution is 6.20. The molecule has 1 aliphatic rings. The summed E-state index contributed by atoms with van der Waals surface area (Å²) in [5.74, 6) is -0.586. The largest absolute Gasteiger partial charge is 0.487 e. The van der Waals surface area contributed by atoms with E-state index >= 15 is 0 Å². The van der Waals surface area contributed by atoms with Gasteiger partial charge in [0.1, 0.15) is 17.7 Å². The normalized spacial score (nSPS) is 19.9. The molecule has 5 rings (SSSR count). The van der Waals surface area contributed by atoms with Crippen LogP contribution in [0.3, 0.4) is 0 Å². The van der Waals surface area contributed by atoms with Crippen molar-refractivity contribution in [3.8, 4) is 16.9 Å². The molecule has 7 nitrogen and oxygen atoms in total. The number of anilines is 1. The second-order valence-electron chi connectivity index (χ2n) is 8.67. The minimum atomic E-state index is -3.83. The van der Waals surface area contributed by atoms with Crippen LogP contribution < -0.4 is 10.1 Å². The number of carbonyl (C=O) groups is 1. The first-order valence-corrected chi connectivity index (χ1v) is 11.1. The van der Waals surface area contributed by atoms with E-state index in [0.717, 1.165) is 5.52 Å². The molecule has 0 saturated heterocycles. The van der Waals surface area contributed by atoms with Crippen molar-refractivity contribution in [3.05, 3.63) is 67.0 Å². The van der Waals surface area contributed by atoms with Gasteiger partial charge in [0.2, 0.25) is 0 Å². The Morgan fingerprint density at radius 2 is 1.89 bits per heavy atom. The molecule has 1 amide bonds. The summed E-state index contributed by atoms with van der Waals surface area (Å²) in [7, 11) is 0. The van der Waals surface area contributed by atoms with Gasteiger partial charge in [0.15, 0.2) is 0 Å². The zero-order valence-electron chi connectivity index (χ0n) is 18.4.